The third-order valence-corrected chi connectivity index (χ3v) is 4.95. The van der Waals surface area contributed by atoms with Crippen molar-refractivity contribution in [3.63, 3.8) is 0 Å². The third kappa shape index (κ3) is 3.10. The Morgan fingerprint density at radius 1 is 1.47 bits per heavy atom. The molecule has 1 aromatic heterocycles. The van der Waals surface area contributed by atoms with Crippen molar-refractivity contribution in [1.29, 1.82) is 0 Å². The van der Waals surface area contributed by atoms with Crippen LogP contribution in [0.3, 0.4) is 0 Å². The summed E-state index contributed by atoms with van der Waals surface area (Å²) in [7, 11) is -2.99. The first-order valence-corrected chi connectivity index (χ1v) is 7.87. The number of rotatable bonds is 3. The molecule has 1 fully saturated rings. The Kier molecular flexibility index (Phi) is 3.58. The first kappa shape index (κ1) is 12.6. The van der Waals surface area contributed by atoms with Crippen LogP contribution in [0.15, 0.2) is 18.3 Å². The quantitative estimate of drug-likeness (QED) is 0.858. The van der Waals surface area contributed by atoms with Gasteiger partial charge in [-0.2, -0.15) is 0 Å². The topological polar surface area (TPSA) is 59.1 Å². The third-order valence-electron chi connectivity index (χ3n) is 3.08. The van der Waals surface area contributed by atoms with Crippen molar-refractivity contribution >= 4 is 27.1 Å². The molecule has 2 atom stereocenters. The molecule has 0 saturated heterocycles. The molecule has 1 N–H and O–H groups in total. The van der Waals surface area contributed by atoms with E-state index in [4.69, 9.17) is 11.6 Å². The molecule has 1 aliphatic carbocycles. The second-order valence-electron chi connectivity index (χ2n) is 4.42. The van der Waals surface area contributed by atoms with Crippen LogP contribution in [-0.2, 0) is 9.84 Å². The first-order chi connectivity index (χ1) is 7.97. The number of hydrogen-bond donors (Lipinski definition) is 1. The van der Waals surface area contributed by atoms with E-state index in [1.54, 1.807) is 18.3 Å². The molecule has 0 radical (unpaired) electrons. The average Bonchev–Trinajstić information content (AvgIpc) is 2.65. The van der Waals surface area contributed by atoms with E-state index < -0.39 is 9.84 Å². The van der Waals surface area contributed by atoms with Gasteiger partial charge < -0.3 is 5.32 Å². The molecule has 6 heteroatoms. The normalized spacial score (nSPS) is 24.8. The zero-order chi connectivity index (χ0) is 12.5. The predicted molar refractivity (Wildman–Crippen MR) is 69.1 cm³/mol. The molecule has 17 heavy (non-hydrogen) atoms. The molecule has 1 heterocycles. The number of halogens is 1. The van der Waals surface area contributed by atoms with Gasteiger partial charge in [-0.15, -0.1) is 0 Å². The highest BCUT2D eigenvalue weighted by molar-refractivity contribution is 7.91. The molecule has 4 nitrogen and oxygen atoms in total. The molecular weight excluding hydrogens is 260 g/mol. The summed E-state index contributed by atoms with van der Waals surface area (Å²) in [5.74, 6) is 0. The summed E-state index contributed by atoms with van der Waals surface area (Å²) in [4.78, 5) is 3.89. The Morgan fingerprint density at radius 2 is 2.24 bits per heavy atom. The zero-order valence-electron chi connectivity index (χ0n) is 9.56. The summed E-state index contributed by atoms with van der Waals surface area (Å²) in [6.07, 6.45) is 5.45. The summed E-state index contributed by atoms with van der Waals surface area (Å²) < 4.78 is 23.2. The van der Waals surface area contributed by atoms with Gasteiger partial charge in [-0.25, -0.2) is 13.4 Å². The summed E-state index contributed by atoms with van der Waals surface area (Å²) >= 11 is 5.79. The Morgan fingerprint density at radius 3 is 2.88 bits per heavy atom. The number of pyridine rings is 1. The van der Waals surface area contributed by atoms with E-state index in [2.05, 4.69) is 10.3 Å². The molecule has 0 aliphatic heterocycles. The van der Waals surface area contributed by atoms with Gasteiger partial charge in [-0.3, -0.25) is 0 Å². The Labute approximate surface area is 106 Å². The molecule has 0 aromatic carbocycles. The largest absolute Gasteiger partial charge is 0.381 e. The SMILES string of the molecule is CS(=O)(=O)C1CCCC1Nc1ccnc(Cl)c1. The minimum absolute atomic E-state index is 0.0246. The fraction of sp³-hybridized carbons (Fsp3) is 0.545. The molecule has 2 unspecified atom stereocenters. The standard InChI is InChI=1S/C11H15ClN2O2S/c1-17(15,16)10-4-2-3-9(10)14-8-5-6-13-11(12)7-8/h5-7,9-10H,2-4H2,1H3,(H,13,14). The monoisotopic (exact) mass is 274 g/mol. The summed E-state index contributed by atoms with van der Waals surface area (Å²) in [5.41, 5.74) is 0.825. The first-order valence-electron chi connectivity index (χ1n) is 5.54. The van der Waals surface area contributed by atoms with Crippen molar-refractivity contribution in [2.75, 3.05) is 11.6 Å². The van der Waals surface area contributed by atoms with Crippen molar-refractivity contribution in [2.24, 2.45) is 0 Å². The van der Waals surface area contributed by atoms with Gasteiger partial charge in [0, 0.05) is 24.2 Å². The summed E-state index contributed by atoms with van der Waals surface area (Å²) in [6, 6.07) is 3.48. The van der Waals surface area contributed by atoms with E-state index >= 15 is 0 Å². The van der Waals surface area contributed by atoms with Crippen LogP contribution in [0, 0.1) is 0 Å². The number of aromatic nitrogens is 1. The average molecular weight is 275 g/mol. The van der Waals surface area contributed by atoms with Gasteiger partial charge in [0.15, 0.2) is 9.84 Å². The van der Waals surface area contributed by atoms with E-state index in [-0.39, 0.29) is 11.3 Å². The maximum atomic E-state index is 11.6. The van der Waals surface area contributed by atoms with Crippen LogP contribution < -0.4 is 5.32 Å². The van der Waals surface area contributed by atoms with Crippen LogP contribution >= 0.6 is 11.6 Å². The van der Waals surface area contributed by atoms with Crippen molar-refractivity contribution in [1.82, 2.24) is 4.98 Å². The second-order valence-corrected chi connectivity index (χ2v) is 7.07. The van der Waals surface area contributed by atoms with Gasteiger partial charge >= 0.3 is 0 Å². The van der Waals surface area contributed by atoms with Crippen molar-refractivity contribution < 1.29 is 8.42 Å². The van der Waals surface area contributed by atoms with Gasteiger partial charge in [0.05, 0.1) is 5.25 Å². The molecule has 1 aromatic rings. The smallest absolute Gasteiger partial charge is 0.152 e. The zero-order valence-corrected chi connectivity index (χ0v) is 11.1. The molecule has 2 rings (SSSR count). The molecular formula is C11H15ClN2O2S. The van der Waals surface area contributed by atoms with E-state index in [9.17, 15) is 8.42 Å². The van der Waals surface area contributed by atoms with Crippen molar-refractivity contribution in [3.8, 4) is 0 Å². The Hall–Kier alpha value is -0.810. The minimum Gasteiger partial charge on any atom is -0.381 e. The van der Waals surface area contributed by atoms with Gasteiger partial charge in [0.25, 0.3) is 0 Å². The number of anilines is 1. The lowest BCUT2D eigenvalue weighted by atomic mass is 10.2. The van der Waals surface area contributed by atoms with Crippen LogP contribution in [0.1, 0.15) is 19.3 Å². The van der Waals surface area contributed by atoms with Crippen LogP contribution in [-0.4, -0.2) is 30.9 Å². The van der Waals surface area contributed by atoms with E-state index in [0.29, 0.717) is 5.15 Å². The van der Waals surface area contributed by atoms with Gasteiger partial charge in [0.2, 0.25) is 0 Å². The van der Waals surface area contributed by atoms with Gasteiger partial charge in [-0.1, -0.05) is 11.6 Å². The Bertz CT molecular complexity index is 504. The number of hydrogen-bond acceptors (Lipinski definition) is 4. The van der Waals surface area contributed by atoms with E-state index in [1.807, 2.05) is 0 Å². The summed E-state index contributed by atoms with van der Waals surface area (Å²) in [5, 5.41) is 3.34. The lowest BCUT2D eigenvalue weighted by Crippen LogP contribution is -2.34. The lowest BCUT2D eigenvalue weighted by molar-refractivity contribution is 0.579. The van der Waals surface area contributed by atoms with Crippen LogP contribution in [0.25, 0.3) is 0 Å². The molecule has 1 saturated carbocycles. The Balaban J connectivity index is 2.13. The second kappa shape index (κ2) is 4.82. The summed E-state index contributed by atoms with van der Waals surface area (Å²) in [6.45, 7) is 0. The van der Waals surface area contributed by atoms with Gasteiger partial charge in [-0.05, 0) is 31.4 Å². The number of nitrogens with one attached hydrogen (secondary N) is 1. The highest BCUT2D eigenvalue weighted by atomic mass is 35.5. The van der Waals surface area contributed by atoms with Crippen LogP contribution in [0.5, 0.6) is 0 Å². The lowest BCUT2D eigenvalue weighted by Gasteiger charge is -2.20. The molecule has 94 valence electrons. The van der Waals surface area contributed by atoms with Crippen molar-refractivity contribution in [2.45, 2.75) is 30.6 Å². The number of nitrogens with zero attached hydrogens (tertiary/aromatic N) is 1. The molecule has 1 aliphatic rings. The maximum Gasteiger partial charge on any atom is 0.152 e. The van der Waals surface area contributed by atoms with Crippen LogP contribution in [0.4, 0.5) is 5.69 Å². The van der Waals surface area contributed by atoms with E-state index in [1.165, 1.54) is 6.26 Å². The molecule has 0 spiro atoms. The highest BCUT2D eigenvalue weighted by Gasteiger charge is 2.34. The number of sulfone groups is 1. The van der Waals surface area contributed by atoms with E-state index in [0.717, 1.165) is 24.9 Å². The fourth-order valence-electron chi connectivity index (χ4n) is 2.31. The minimum atomic E-state index is -2.99. The fourth-order valence-corrected chi connectivity index (χ4v) is 3.88. The molecule has 0 bridgehead atoms. The van der Waals surface area contributed by atoms with Crippen molar-refractivity contribution in [3.05, 3.63) is 23.5 Å². The molecule has 0 amide bonds. The van der Waals surface area contributed by atoms with Gasteiger partial charge in [0.1, 0.15) is 5.15 Å². The highest BCUT2D eigenvalue weighted by Crippen LogP contribution is 2.28. The predicted octanol–water partition coefficient (Wildman–Crippen LogP) is 2.11. The van der Waals surface area contributed by atoms with Crippen LogP contribution in [0.2, 0.25) is 5.15 Å². The maximum absolute atomic E-state index is 11.6.